The summed E-state index contributed by atoms with van der Waals surface area (Å²) in [5.41, 5.74) is 0.0711. The maximum atomic E-state index is 11.8. The number of halogens is 1. The topological polar surface area (TPSA) is 110 Å². The molecule has 0 aliphatic carbocycles. The Bertz CT molecular complexity index is 567. The van der Waals surface area contributed by atoms with Crippen molar-refractivity contribution in [3.63, 3.8) is 0 Å². The van der Waals surface area contributed by atoms with Crippen molar-refractivity contribution in [2.45, 2.75) is 31.5 Å². The van der Waals surface area contributed by atoms with Crippen LogP contribution in [0.25, 0.3) is 0 Å². The number of hydrogen-bond acceptors (Lipinski definition) is 6. The van der Waals surface area contributed by atoms with E-state index in [1.165, 1.54) is 25.1 Å². The number of aliphatic hydroxyl groups excluding tert-OH is 1. The molecule has 7 nitrogen and oxygen atoms in total. The summed E-state index contributed by atoms with van der Waals surface area (Å²) in [4.78, 5) is 22.3. The summed E-state index contributed by atoms with van der Waals surface area (Å²) in [7, 11) is 0. The molecule has 0 aromatic heterocycles. The van der Waals surface area contributed by atoms with Crippen LogP contribution in [0.2, 0.25) is 0 Å². The van der Waals surface area contributed by atoms with Crippen LogP contribution in [0.3, 0.4) is 0 Å². The molecule has 121 valence electrons. The smallest absolute Gasteiger partial charge is 0.327 e. The normalized spacial score (nSPS) is 13.0. The Morgan fingerprint density at radius 1 is 1.45 bits per heavy atom. The lowest BCUT2D eigenvalue weighted by molar-refractivity contribution is -0.385. The number of nitrogens with zero attached hydrogens (tertiary/aromatic N) is 1. The van der Waals surface area contributed by atoms with Crippen molar-refractivity contribution in [1.29, 1.82) is 0 Å². The molecule has 1 aromatic rings. The molecule has 22 heavy (non-hydrogen) atoms. The number of rotatable bonds is 6. The van der Waals surface area contributed by atoms with Gasteiger partial charge in [0.1, 0.15) is 10.1 Å². The number of carbonyl (C=O) groups excluding carboxylic acids is 1. The first-order chi connectivity index (χ1) is 10.0. The maximum absolute atomic E-state index is 11.8. The van der Waals surface area contributed by atoms with E-state index in [9.17, 15) is 14.9 Å². The van der Waals surface area contributed by atoms with Crippen molar-refractivity contribution in [2.75, 3.05) is 0 Å². The number of nitro benzene ring substituents is 1. The molecule has 0 saturated heterocycles. The van der Waals surface area contributed by atoms with E-state index in [-0.39, 0.29) is 23.4 Å². The predicted octanol–water partition coefficient (Wildman–Crippen LogP) is 3.09. The second-order valence-corrected chi connectivity index (χ2v) is 7.36. The summed E-state index contributed by atoms with van der Waals surface area (Å²) < 4.78 is 4.27. The average Bonchev–Trinajstić information content (AvgIpc) is 2.37. The van der Waals surface area contributed by atoms with Crippen LogP contribution in [-0.4, -0.2) is 25.4 Å². The van der Waals surface area contributed by atoms with Crippen LogP contribution in [0.4, 0.5) is 5.69 Å². The Labute approximate surface area is 136 Å². The van der Waals surface area contributed by atoms with Crippen molar-refractivity contribution in [3.05, 3.63) is 40.2 Å². The number of carbonyl (C=O) groups is 1. The van der Waals surface area contributed by atoms with Crippen molar-refractivity contribution >= 4 is 27.6 Å². The van der Waals surface area contributed by atoms with Gasteiger partial charge in [0.15, 0.2) is 0 Å². The van der Waals surface area contributed by atoms with Crippen LogP contribution in [0.1, 0.15) is 26.3 Å². The first kappa shape index (κ1) is 18.5. The molecule has 1 aromatic carbocycles. The second kappa shape index (κ2) is 7.17. The van der Waals surface area contributed by atoms with Crippen LogP contribution in [0.15, 0.2) is 18.2 Å². The summed E-state index contributed by atoms with van der Waals surface area (Å²) in [5, 5.41) is 29.1. The van der Waals surface area contributed by atoms with E-state index in [4.69, 9.17) is 14.9 Å². The van der Waals surface area contributed by atoms with Crippen LogP contribution >= 0.6 is 15.9 Å². The van der Waals surface area contributed by atoms with E-state index in [0.717, 1.165) is 0 Å². The highest BCUT2D eigenvalue weighted by Gasteiger charge is 2.27. The summed E-state index contributed by atoms with van der Waals surface area (Å²) in [6.45, 7) is 4.74. The minimum Gasteiger partial charge on any atom is -0.425 e. The maximum Gasteiger partial charge on any atom is 0.327 e. The van der Waals surface area contributed by atoms with Gasteiger partial charge in [0.25, 0.3) is 5.69 Å². The third kappa shape index (κ3) is 5.04. The molecule has 0 amide bonds. The first-order valence-electron chi connectivity index (χ1n) is 6.45. The van der Waals surface area contributed by atoms with Gasteiger partial charge in [-0.2, -0.15) is 0 Å². The van der Waals surface area contributed by atoms with Gasteiger partial charge in [-0.15, -0.1) is 0 Å². The Balaban J connectivity index is 3.09. The molecule has 0 fully saturated rings. The highest BCUT2D eigenvalue weighted by atomic mass is 79.9. The van der Waals surface area contributed by atoms with Gasteiger partial charge in [-0.3, -0.25) is 14.9 Å². The van der Waals surface area contributed by atoms with Crippen LogP contribution < -0.4 is 4.74 Å². The zero-order valence-electron chi connectivity index (χ0n) is 12.4. The molecule has 8 heteroatoms. The highest BCUT2D eigenvalue weighted by molar-refractivity contribution is 9.10. The lowest BCUT2D eigenvalue weighted by Gasteiger charge is -2.16. The molecule has 1 rings (SSSR count). The quantitative estimate of drug-likeness (QED) is 0.260. The number of alkyl halides is 1. The minimum atomic E-state index is -0.890. The molecule has 2 N–H and O–H groups in total. The standard InChI is InChI=1S/C14H17BrNO6/c1-8(12(17)18)6-9-7-10(4-5-11(9)16(20)21)22-13(19)14(2,3)15/h4-5,7-8,17-18H,6H2,1-3H3. The molecule has 0 spiro atoms. The molecule has 1 unspecified atom stereocenters. The number of aliphatic hydroxyl groups is 2. The lowest BCUT2D eigenvalue weighted by Crippen LogP contribution is -2.29. The molecule has 0 saturated carbocycles. The molecular weight excluding hydrogens is 358 g/mol. The lowest BCUT2D eigenvalue weighted by atomic mass is 9.99. The van der Waals surface area contributed by atoms with Gasteiger partial charge in [0.2, 0.25) is 6.29 Å². The summed E-state index contributed by atoms with van der Waals surface area (Å²) in [5.74, 6) is -1.07. The number of benzene rings is 1. The van der Waals surface area contributed by atoms with Gasteiger partial charge in [0.05, 0.1) is 4.92 Å². The molecule has 0 aliphatic rings. The second-order valence-electron chi connectivity index (χ2n) is 5.37. The number of hydrogen-bond donors (Lipinski definition) is 2. The van der Waals surface area contributed by atoms with E-state index in [2.05, 4.69) is 15.9 Å². The predicted molar refractivity (Wildman–Crippen MR) is 81.7 cm³/mol. The third-order valence-electron chi connectivity index (χ3n) is 2.91. The van der Waals surface area contributed by atoms with Gasteiger partial charge in [-0.1, -0.05) is 22.9 Å². The highest BCUT2D eigenvalue weighted by Crippen LogP contribution is 2.29. The fourth-order valence-electron chi connectivity index (χ4n) is 1.62. The SMILES string of the molecule is CC(Cc1cc(OC(=O)C(C)(C)Br)ccc1[N+](=O)[O-])[C](O)O. The van der Waals surface area contributed by atoms with Gasteiger partial charge >= 0.3 is 5.97 Å². The van der Waals surface area contributed by atoms with E-state index in [0.29, 0.717) is 0 Å². The van der Waals surface area contributed by atoms with Crippen molar-refractivity contribution in [3.8, 4) is 5.75 Å². The zero-order chi connectivity index (χ0) is 17.1. The summed E-state index contributed by atoms with van der Waals surface area (Å²) in [6, 6.07) is 3.90. The van der Waals surface area contributed by atoms with E-state index >= 15 is 0 Å². The van der Waals surface area contributed by atoms with E-state index < -0.39 is 27.4 Å². The Morgan fingerprint density at radius 3 is 2.50 bits per heavy atom. The van der Waals surface area contributed by atoms with Crippen LogP contribution in [0, 0.1) is 22.3 Å². The van der Waals surface area contributed by atoms with Crippen LogP contribution in [0.5, 0.6) is 5.75 Å². The molecule has 1 atom stereocenters. The summed E-state index contributed by atoms with van der Waals surface area (Å²) >= 11 is 3.16. The van der Waals surface area contributed by atoms with Crippen molar-refractivity contribution in [1.82, 2.24) is 0 Å². The molecule has 1 radical (unpaired) electrons. The number of esters is 1. The van der Waals surface area contributed by atoms with Gasteiger partial charge in [0, 0.05) is 17.5 Å². The fraction of sp³-hybridized carbons (Fsp3) is 0.429. The van der Waals surface area contributed by atoms with E-state index in [1.54, 1.807) is 13.8 Å². The molecular formula is C14H17BrNO6. The zero-order valence-corrected chi connectivity index (χ0v) is 14.0. The Kier molecular flexibility index (Phi) is 6.04. The Hall–Kier alpha value is -1.51. The van der Waals surface area contributed by atoms with Gasteiger partial charge < -0.3 is 14.9 Å². The third-order valence-corrected chi connectivity index (χ3v) is 3.23. The minimum absolute atomic E-state index is 0.0295. The van der Waals surface area contributed by atoms with E-state index in [1.807, 2.05) is 0 Å². The first-order valence-corrected chi connectivity index (χ1v) is 7.25. The van der Waals surface area contributed by atoms with Crippen LogP contribution in [-0.2, 0) is 11.2 Å². The van der Waals surface area contributed by atoms with Crippen molar-refractivity contribution in [2.24, 2.45) is 5.92 Å². The fourth-order valence-corrected chi connectivity index (χ4v) is 1.70. The van der Waals surface area contributed by atoms with Gasteiger partial charge in [-0.25, -0.2) is 0 Å². The number of ether oxygens (including phenoxy) is 1. The Morgan fingerprint density at radius 2 is 2.05 bits per heavy atom. The number of nitro groups is 1. The van der Waals surface area contributed by atoms with Crippen molar-refractivity contribution < 1.29 is 24.7 Å². The molecule has 0 aliphatic heterocycles. The molecule has 0 heterocycles. The van der Waals surface area contributed by atoms with Gasteiger partial charge in [-0.05, 0) is 32.4 Å². The largest absolute Gasteiger partial charge is 0.425 e. The monoisotopic (exact) mass is 374 g/mol. The average molecular weight is 375 g/mol. The summed E-state index contributed by atoms with van der Waals surface area (Å²) in [6.07, 6.45) is -0.778. The molecule has 0 bridgehead atoms.